The summed E-state index contributed by atoms with van der Waals surface area (Å²) in [5.74, 6) is -0.843. The van der Waals surface area contributed by atoms with E-state index in [9.17, 15) is 14.7 Å². The smallest absolute Gasteiger partial charge is 0.295 e. The van der Waals surface area contributed by atoms with Gasteiger partial charge in [-0.2, -0.15) is 0 Å². The molecule has 0 bridgehead atoms. The number of Topliss-reactive ketones (excluding diaryl/α,β-unsaturated/α-hetero) is 1. The lowest BCUT2D eigenvalue weighted by Crippen LogP contribution is -2.38. The fraction of sp³-hybridized carbons (Fsp3) is 0.448. The average Bonchev–Trinajstić information content (AvgIpc) is 3.08. The summed E-state index contributed by atoms with van der Waals surface area (Å²) in [6.45, 7) is 15.0. The van der Waals surface area contributed by atoms with E-state index >= 15 is 0 Å². The summed E-state index contributed by atoms with van der Waals surface area (Å²) >= 11 is 0. The maximum atomic E-state index is 13.4. The number of likely N-dealkylation sites (N-methyl/N-ethyl adjacent to an activating group) is 1. The standard InChI is InChI=1S/C29H38N2O4/c1-8-30(9-2)16-17-31-25(21-12-10-11-13-23(21)35-7)24(27(33)28(31)34)26(32)22-18-20(29(4,5)6)15-14-19(22)3/h10-15,18,25,32H,8-9,16-17H2,1-7H3/b26-24+. The predicted molar refractivity (Wildman–Crippen MR) is 140 cm³/mol. The number of carbonyl (C=O) groups excluding carboxylic acids is 2. The lowest BCUT2D eigenvalue weighted by Gasteiger charge is -2.29. The zero-order valence-corrected chi connectivity index (χ0v) is 22.0. The van der Waals surface area contributed by atoms with Crippen molar-refractivity contribution in [3.8, 4) is 5.75 Å². The molecule has 0 aliphatic carbocycles. The van der Waals surface area contributed by atoms with Crippen LogP contribution in [-0.4, -0.2) is 59.9 Å². The van der Waals surface area contributed by atoms with Crippen LogP contribution in [-0.2, 0) is 15.0 Å². The third-order valence-electron chi connectivity index (χ3n) is 6.88. The number of nitrogens with zero attached hydrogens (tertiary/aromatic N) is 2. The molecule has 1 amide bonds. The van der Waals surface area contributed by atoms with Crippen LogP contribution in [0.25, 0.3) is 5.76 Å². The normalized spacial score (nSPS) is 17.9. The highest BCUT2D eigenvalue weighted by Gasteiger charge is 2.47. The van der Waals surface area contributed by atoms with Crippen molar-refractivity contribution in [1.82, 2.24) is 9.80 Å². The van der Waals surface area contributed by atoms with Gasteiger partial charge in [0, 0.05) is 24.2 Å². The van der Waals surface area contributed by atoms with Gasteiger partial charge in [0.15, 0.2) is 0 Å². The molecule has 0 spiro atoms. The van der Waals surface area contributed by atoms with E-state index in [-0.39, 0.29) is 16.7 Å². The number of para-hydroxylation sites is 1. The molecule has 0 radical (unpaired) electrons. The lowest BCUT2D eigenvalue weighted by atomic mass is 9.84. The number of likely N-dealkylation sites (tertiary alicyclic amines) is 1. The number of aryl methyl sites for hydroxylation is 1. The van der Waals surface area contributed by atoms with E-state index in [2.05, 4.69) is 39.5 Å². The summed E-state index contributed by atoms with van der Waals surface area (Å²) in [5.41, 5.74) is 3.09. The van der Waals surface area contributed by atoms with Gasteiger partial charge in [0.2, 0.25) is 0 Å². The zero-order valence-electron chi connectivity index (χ0n) is 22.0. The number of ketones is 1. The van der Waals surface area contributed by atoms with Crippen LogP contribution in [0.3, 0.4) is 0 Å². The number of carbonyl (C=O) groups is 2. The summed E-state index contributed by atoms with van der Waals surface area (Å²) in [4.78, 5) is 30.5. The van der Waals surface area contributed by atoms with E-state index in [0.717, 1.165) is 24.2 Å². The first-order valence-electron chi connectivity index (χ1n) is 12.3. The van der Waals surface area contributed by atoms with Gasteiger partial charge in [0.25, 0.3) is 11.7 Å². The van der Waals surface area contributed by atoms with Gasteiger partial charge in [0.05, 0.1) is 18.7 Å². The largest absolute Gasteiger partial charge is 0.507 e. The van der Waals surface area contributed by atoms with Gasteiger partial charge in [0.1, 0.15) is 11.5 Å². The summed E-state index contributed by atoms with van der Waals surface area (Å²) in [6, 6.07) is 12.5. The average molecular weight is 479 g/mol. The van der Waals surface area contributed by atoms with Crippen LogP contribution in [0.15, 0.2) is 48.0 Å². The number of hydrogen-bond donors (Lipinski definition) is 1. The van der Waals surface area contributed by atoms with E-state index < -0.39 is 17.7 Å². The van der Waals surface area contributed by atoms with Crippen molar-refractivity contribution in [2.45, 2.75) is 53.0 Å². The Bertz CT molecular complexity index is 1130. The Morgan fingerprint density at radius 3 is 2.34 bits per heavy atom. The highest BCUT2D eigenvalue weighted by molar-refractivity contribution is 6.46. The Balaban J connectivity index is 2.22. The second-order valence-electron chi connectivity index (χ2n) is 10.0. The topological polar surface area (TPSA) is 70.1 Å². The summed E-state index contributed by atoms with van der Waals surface area (Å²) < 4.78 is 5.60. The highest BCUT2D eigenvalue weighted by atomic mass is 16.5. The van der Waals surface area contributed by atoms with Crippen LogP contribution < -0.4 is 4.74 Å². The summed E-state index contributed by atoms with van der Waals surface area (Å²) in [6.07, 6.45) is 0. The lowest BCUT2D eigenvalue weighted by molar-refractivity contribution is -0.140. The predicted octanol–water partition coefficient (Wildman–Crippen LogP) is 5.06. The zero-order chi connectivity index (χ0) is 25.9. The Kier molecular flexibility index (Phi) is 8.06. The molecule has 6 heteroatoms. The van der Waals surface area contributed by atoms with Crippen LogP contribution in [0.4, 0.5) is 0 Å². The minimum Gasteiger partial charge on any atom is -0.507 e. The van der Waals surface area contributed by atoms with Crippen molar-refractivity contribution >= 4 is 17.4 Å². The van der Waals surface area contributed by atoms with Gasteiger partial charge >= 0.3 is 0 Å². The highest BCUT2D eigenvalue weighted by Crippen LogP contribution is 2.43. The summed E-state index contributed by atoms with van der Waals surface area (Å²) in [5, 5.41) is 11.6. The number of benzene rings is 2. The Morgan fingerprint density at radius 1 is 1.09 bits per heavy atom. The van der Waals surface area contributed by atoms with Crippen molar-refractivity contribution in [1.29, 1.82) is 0 Å². The van der Waals surface area contributed by atoms with Gasteiger partial charge in [-0.1, -0.05) is 65.0 Å². The molecule has 1 unspecified atom stereocenters. The van der Waals surface area contributed by atoms with Crippen molar-refractivity contribution in [3.63, 3.8) is 0 Å². The van der Waals surface area contributed by atoms with Crippen molar-refractivity contribution < 1.29 is 19.4 Å². The molecule has 0 saturated carbocycles. The molecule has 6 nitrogen and oxygen atoms in total. The van der Waals surface area contributed by atoms with Gasteiger partial charge in [-0.15, -0.1) is 0 Å². The molecule has 1 aliphatic heterocycles. The molecule has 3 rings (SSSR count). The van der Waals surface area contributed by atoms with Crippen LogP contribution in [0, 0.1) is 6.92 Å². The van der Waals surface area contributed by atoms with Gasteiger partial charge in [-0.25, -0.2) is 0 Å². The molecule has 1 atom stereocenters. The van der Waals surface area contributed by atoms with Crippen LogP contribution in [0.1, 0.15) is 62.9 Å². The molecule has 2 aromatic carbocycles. The molecule has 1 heterocycles. The first-order valence-corrected chi connectivity index (χ1v) is 12.3. The second kappa shape index (κ2) is 10.6. The molecule has 1 aliphatic rings. The first kappa shape index (κ1) is 26.5. The number of methoxy groups -OCH3 is 1. The maximum absolute atomic E-state index is 13.4. The van der Waals surface area contributed by atoms with E-state index in [1.165, 1.54) is 0 Å². The Hall–Kier alpha value is -3.12. The molecule has 1 saturated heterocycles. The van der Waals surface area contributed by atoms with Crippen molar-refractivity contribution in [3.05, 3.63) is 70.3 Å². The molecule has 188 valence electrons. The number of aliphatic hydroxyl groups is 1. The third-order valence-corrected chi connectivity index (χ3v) is 6.88. The molecular formula is C29H38N2O4. The van der Waals surface area contributed by atoms with Crippen molar-refractivity contribution in [2.24, 2.45) is 0 Å². The minimum atomic E-state index is -0.737. The molecule has 35 heavy (non-hydrogen) atoms. The van der Waals surface area contributed by atoms with E-state index in [0.29, 0.717) is 30.0 Å². The minimum absolute atomic E-state index is 0.105. The number of hydrogen-bond acceptors (Lipinski definition) is 5. The SMILES string of the molecule is CCN(CC)CCN1C(=O)C(=O)/C(=C(/O)c2cc(C(C)(C)C)ccc2C)C1c1ccccc1OC. The fourth-order valence-corrected chi connectivity index (χ4v) is 4.60. The van der Waals surface area contributed by atoms with Crippen LogP contribution in [0.5, 0.6) is 5.75 Å². The quantitative estimate of drug-likeness (QED) is 0.326. The van der Waals surface area contributed by atoms with Gasteiger partial charge < -0.3 is 19.6 Å². The second-order valence-corrected chi connectivity index (χ2v) is 10.0. The maximum Gasteiger partial charge on any atom is 0.295 e. The monoisotopic (exact) mass is 478 g/mol. The third kappa shape index (κ3) is 5.27. The first-order chi connectivity index (χ1) is 16.5. The van der Waals surface area contributed by atoms with Gasteiger partial charge in [-0.05, 0) is 48.7 Å². The van der Waals surface area contributed by atoms with E-state index in [4.69, 9.17) is 4.74 Å². The number of rotatable bonds is 8. The number of aliphatic hydroxyl groups excluding tert-OH is 1. The molecule has 1 fully saturated rings. The number of ether oxygens (including phenoxy) is 1. The molecule has 0 aromatic heterocycles. The fourth-order valence-electron chi connectivity index (χ4n) is 4.60. The van der Waals surface area contributed by atoms with Crippen LogP contribution >= 0.6 is 0 Å². The molecule has 2 aromatic rings. The van der Waals surface area contributed by atoms with E-state index in [1.807, 2.05) is 49.4 Å². The Labute approximate surface area is 209 Å². The van der Waals surface area contributed by atoms with Crippen LogP contribution in [0.2, 0.25) is 0 Å². The van der Waals surface area contributed by atoms with Gasteiger partial charge in [-0.3, -0.25) is 9.59 Å². The van der Waals surface area contributed by atoms with Crippen molar-refractivity contribution in [2.75, 3.05) is 33.3 Å². The van der Waals surface area contributed by atoms with E-state index in [1.54, 1.807) is 12.0 Å². The molecule has 1 N–H and O–H groups in total. The molecular weight excluding hydrogens is 440 g/mol. The number of amides is 1. The summed E-state index contributed by atoms with van der Waals surface area (Å²) in [7, 11) is 1.57. The Morgan fingerprint density at radius 2 is 1.74 bits per heavy atom.